The average Bonchev–Trinajstić information content (AvgIpc) is 2.42. The summed E-state index contributed by atoms with van der Waals surface area (Å²) in [6.07, 6.45) is 2.15. The van der Waals surface area contributed by atoms with Crippen molar-refractivity contribution in [3.8, 4) is 0 Å². The van der Waals surface area contributed by atoms with E-state index in [1.54, 1.807) is 0 Å². The van der Waals surface area contributed by atoms with Gasteiger partial charge in [-0.25, -0.2) is 0 Å². The maximum absolute atomic E-state index is 10.7. The number of benzene rings is 1. The fraction of sp³-hybridized carbons (Fsp3) is 0.625. The largest absolute Gasteiger partial charge is 0.384 e. The summed E-state index contributed by atoms with van der Waals surface area (Å²) >= 11 is 0. The first-order valence-corrected chi connectivity index (χ1v) is 7.29. The highest BCUT2D eigenvalue weighted by Gasteiger charge is 2.31. The summed E-state index contributed by atoms with van der Waals surface area (Å²) in [6.45, 7) is 6.77. The number of nitrogens with two attached hydrogens (primary N) is 1. The molecule has 1 heterocycles. The first kappa shape index (κ1) is 14.5. The highest BCUT2D eigenvalue weighted by Crippen LogP contribution is 2.25. The first-order chi connectivity index (χ1) is 9.03. The van der Waals surface area contributed by atoms with Gasteiger partial charge in [-0.3, -0.25) is 4.90 Å². The van der Waals surface area contributed by atoms with Crippen molar-refractivity contribution in [1.29, 1.82) is 0 Å². The normalized spacial score (nSPS) is 28.0. The Kier molecular flexibility index (Phi) is 4.61. The lowest BCUT2D eigenvalue weighted by Gasteiger charge is -2.40. The lowest BCUT2D eigenvalue weighted by molar-refractivity contribution is 0.000213. The molecular formula is C16H26N2O. The van der Waals surface area contributed by atoms with E-state index in [0.29, 0.717) is 18.5 Å². The lowest BCUT2D eigenvalue weighted by Crippen LogP contribution is -2.50. The van der Waals surface area contributed by atoms with E-state index in [1.807, 2.05) is 37.3 Å². The molecule has 0 aromatic heterocycles. The van der Waals surface area contributed by atoms with Gasteiger partial charge in [0, 0.05) is 19.1 Å². The third kappa shape index (κ3) is 3.56. The fourth-order valence-corrected chi connectivity index (χ4v) is 3.03. The van der Waals surface area contributed by atoms with E-state index >= 15 is 0 Å². The van der Waals surface area contributed by atoms with Crippen LogP contribution in [0.5, 0.6) is 0 Å². The molecule has 3 unspecified atom stereocenters. The average molecular weight is 262 g/mol. The van der Waals surface area contributed by atoms with E-state index in [9.17, 15) is 5.11 Å². The zero-order valence-electron chi connectivity index (χ0n) is 12.0. The number of rotatable bonds is 4. The maximum atomic E-state index is 10.7. The van der Waals surface area contributed by atoms with Crippen LogP contribution in [0.3, 0.4) is 0 Å². The van der Waals surface area contributed by atoms with Crippen LogP contribution in [0.1, 0.15) is 32.3 Å². The van der Waals surface area contributed by atoms with Gasteiger partial charge in [0.1, 0.15) is 0 Å². The van der Waals surface area contributed by atoms with Crippen molar-refractivity contribution in [3.05, 3.63) is 35.9 Å². The highest BCUT2D eigenvalue weighted by molar-refractivity contribution is 5.21. The van der Waals surface area contributed by atoms with Gasteiger partial charge in [-0.2, -0.15) is 0 Å². The molecule has 0 amide bonds. The molecule has 1 aromatic carbocycles. The van der Waals surface area contributed by atoms with Gasteiger partial charge in [0.05, 0.1) is 5.60 Å². The number of likely N-dealkylation sites (tertiary alicyclic amines) is 1. The predicted molar refractivity (Wildman–Crippen MR) is 78.8 cm³/mol. The van der Waals surface area contributed by atoms with Crippen LogP contribution in [0.15, 0.2) is 30.3 Å². The van der Waals surface area contributed by atoms with Crippen molar-refractivity contribution >= 4 is 0 Å². The zero-order valence-corrected chi connectivity index (χ0v) is 12.0. The summed E-state index contributed by atoms with van der Waals surface area (Å²) in [5.74, 6) is 0.556. The monoisotopic (exact) mass is 262 g/mol. The molecule has 1 aromatic rings. The van der Waals surface area contributed by atoms with Gasteiger partial charge < -0.3 is 10.8 Å². The van der Waals surface area contributed by atoms with E-state index in [1.165, 1.54) is 0 Å². The van der Waals surface area contributed by atoms with Gasteiger partial charge in [0.2, 0.25) is 0 Å². The standard InChI is InChI=1S/C16H26N2O/c1-3-13-11-18(10-9-15(13)17)12-16(2,19)14-7-5-4-6-8-14/h4-8,13,15,19H,3,9-12,17H2,1-2H3. The SMILES string of the molecule is CCC1CN(CC(C)(O)c2ccccc2)CCC1N. The second kappa shape index (κ2) is 6.04. The van der Waals surface area contributed by atoms with Gasteiger partial charge in [-0.1, -0.05) is 43.7 Å². The molecule has 0 saturated carbocycles. The molecule has 3 heteroatoms. The second-order valence-corrected chi connectivity index (χ2v) is 6.00. The van der Waals surface area contributed by atoms with E-state index in [0.717, 1.165) is 31.5 Å². The van der Waals surface area contributed by atoms with E-state index < -0.39 is 5.60 Å². The van der Waals surface area contributed by atoms with Crippen molar-refractivity contribution in [1.82, 2.24) is 4.90 Å². The summed E-state index contributed by atoms with van der Waals surface area (Å²) in [7, 11) is 0. The maximum Gasteiger partial charge on any atom is 0.0994 e. The van der Waals surface area contributed by atoms with E-state index in [-0.39, 0.29) is 0 Å². The number of β-amino-alcohol motifs (C(OH)–C–C–N with tert-alkyl or cyclic N) is 1. The van der Waals surface area contributed by atoms with Gasteiger partial charge in [-0.05, 0) is 31.4 Å². The Balaban J connectivity index is 2.01. The molecule has 1 aliphatic rings. The van der Waals surface area contributed by atoms with Crippen LogP contribution in [0.4, 0.5) is 0 Å². The minimum Gasteiger partial charge on any atom is -0.384 e. The van der Waals surface area contributed by atoms with E-state index in [4.69, 9.17) is 5.73 Å². The summed E-state index contributed by atoms with van der Waals surface area (Å²) < 4.78 is 0. The molecule has 0 aliphatic carbocycles. The number of nitrogens with zero attached hydrogens (tertiary/aromatic N) is 1. The number of piperidine rings is 1. The number of hydrogen-bond donors (Lipinski definition) is 2. The molecule has 3 atom stereocenters. The second-order valence-electron chi connectivity index (χ2n) is 6.00. The number of hydrogen-bond acceptors (Lipinski definition) is 3. The molecule has 0 spiro atoms. The summed E-state index contributed by atoms with van der Waals surface area (Å²) in [6, 6.07) is 10.2. The Morgan fingerprint density at radius 2 is 2.05 bits per heavy atom. The first-order valence-electron chi connectivity index (χ1n) is 7.29. The van der Waals surface area contributed by atoms with Crippen molar-refractivity contribution in [3.63, 3.8) is 0 Å². The molecule has 106 valence electrons. The summed E-state index contributed by atoms with van der Waals surface area (Å²) in [5.41, 5.74) is 6.33. The Morgan fingerprint density at radius 1 is 1.37 bits per heavy atom. The van der Waals surface area contributed by atoms with Crippen LogP contribution in [-0.4, -0.2) is 35.7 Å². The van der Waals surface area contributed by atoms with Crippen LogP contribution in [0, 0.1) is 5.92 Å². The molecule has 0 bridgehead atoms. The Labute approximate surface area is 116 Å². The third-order valence-corrected chi connectivity index (χ3v) is 4.33. The third-order valence-electron chi connectivity index (χ3n) is 4.33. The lowest BCUT2D eigenvalue weighted by atomic mass is 9.88. The van der Waals surface area contributed by atoms with Crippen LogP contribution in [0.2, 0.25) is 0 Å². The molecule has 19 heavy (non-hydrogen) atoms. The molecule has 1 fully saturated rings. The van der Waals surface area contributed by atoms with Crippen molar-refractivity contribution in [2.24, 2.45) is 11.7 Å². The molecule has 3 N–H and O–H groups in total. The van der Waals surface area contributed by atoms with Crippen LogP contribution < -0.4 is 5.73 Å². The number of aliphatic hydroxyl groups is 1. The summed E-state index contributed by atoms with van der Waals surface area (Å²) in [5, 5.41) is 10.7. The van der Waals surface area contributed by atoms with Gasteiger partial charge in [-0.15, -0.1) is 0 Å². The van der Waals surface area contributed by atoms with Gasteiger partial charge in [0.15, 0.2) is 0 Å². The zero-order chi connectivity index (χ0) is 13.9. The molecule has 0 radical (unpaired) electrons. The van der Waals surface area contributed by atoms with Crippen molar-refractivity contribution in [2.75, 3.05) is 19.6 Å². The van der Waals surface area contributed by atoms with Crippen molar-refractivity contribution in [2.45, 2.75) is 38.3 Å². The quantitative estimate of drug-likeness (QED) is 0.872. The van der Waals surface area contributed by atoms with Gasteiger partial charge in [0.25, 0.3) is 0 Å². The molecule has 1 saturated heterocycles. The Hall–Kier alpha value is -0.900. The molecular weight excluding hydrogens is 236 g/mol. The Morgan fingerprint density at radius 3 is 2.68 bits per heavy atom. The minimum absolute atomic E-state index is 0.322. The predicted octanol–water partition coefficient (Wildman–Crippen LogP) is 1.95. The summed E-state index contributed by atoms with van der Waals surface area (Å²) in [4.78, 5) is 2.35. The highest BCUT2D eigenvalue weighted by atomic mass is 16.3. The smallest absolute Gasteiger partial charge is 0.0994 e. The molecule has 2 rings (SSSR count). The van der Waals surface area contributed by atoms with Gasteiger partial charge >= 0.3 is 0 Å². The topological polar surface area (TPSA) is 49.5 Å². The Bertz CT molecular complexity index is 391. The minimum atomic E-state index is -0.791. The van der Waals surface area contributed by atoms with Crippen molar-refractivity contribution < 1.29 is 5.11 Å². The fourth-order valence-electron chi connectivity index (χ4n) is 3.03. The van der Waals surface area contributed by atoms with Crippen LogP contribution in [-0.2, 0) is 5.60 Å². The molecule has 3 nitrogen and oxygen atoms in total. The van der Waals surface area contributed by atoms with E-state index in [2.05, 4.69) is 11.8 Å². The van der Waals surface area contributed by atoms with Crippen LogP contribution >= 0.6 is 0 Å². The molecule has 1 aliphatic heterocycles. The van der Waals surface area contributed by atoms with Crippen LogP contribution in [0.25, 0.3) is 0 Å².